The van der Waals surface area contributed by atoms with Crippen LogP contribution in [0.5, 0.6) is 0 Å². The first-order chi connectivity index (χ1) is 13.8. The van der Waals surface area contributed by atoms with Gasteiger partial charge >= 0.3 is 0 Å². The maximum absolute atomic E-state index is 12.8. The Labute approximate surface area is 177 Å². The van der Waals surface area contributed by atoms with E-state index in [0.29, 0.717) is 31.1 Å². The molecule has 2 aliphatic rings. The number of sulfonamides is 1. The van der Waals surface area contributed by atoms with Gasteiger partial charge in [0.25, 0.3) is 0 Å². The first-order valence-electron chi connectivity index (χ1n) is 10.4. The Morgan fingerprint density at radius 2 is 2.03 bits per heavy atom. The van der Waals surface area contributed by atoms with Crippen LogP contribution in [-0.4, -0.2) is 72.2 Å². The molecule has 3 rings (SSSR count). The van der Waals surface area contributed by atoms with E-state index < -0.39 is 16.1 Å². The third kappa shape index (κ3) is 5.97. The highest BCUT2D eigenvalue weighted by Gasteiger charge is 2.36. The number of carbonyl (C=O) groups is 1. The van der Waals surface area contributed by atoms with Gasteiger partial charge in [-0.1, -0.05) is 13.3 Å². The summed E-state index contributed by atoms with van der Waals surface area (Å²) in [5.41, 5.74) is 0.908. The Balaban J connectivity index is 1.61. The summed E-state index contributed by atoms with van der Waals surface area (Å²) in [7, 11) is -3.41. The second-order valence-corrected chi connectivity index (χ2v) is 10.9. The largest absolute Gasteiger partial charge is 0.373 e. The van der Waals surface area contributed by atoms with Crippen LogP contribution in [0.2, 0.25) is 0 Å². The van der Waals surface area contributed by atoms with Crippen molar-refractivity contribution in [3.63, 3.8) is 0 Å². The summed E-state index contributed by atoms with van der Waals surface area (Å²) in [5.74, 6) is -0.201. The second kappa shape index (κ2) is 9.82. The quantitative estimate of drug-likeness (QED) is 0.694. The van der Waals surface area contributed by atoms with Gasteiger partial charge in [-0.15, -0.1) is 11.3 Å². The smallest absolute Gasteiger partial charge is 0.244 e. The highest BCUT2D eigenvalue weighted by Crippen LogP contribution is 2.24. The molecule has 0 bridgehead atoms. The van der Waals surface area contributed by atoms with E-state index in [4.69, 9.17) is 4.74 Å². The predicted molar refractivity (Wildman–Crippen MR) is 114 cm³/mol. The van der Waals surface area contributed by atoms with E-state index in [2.05, 4.69) is 29.0 Å². The van der Waals surface area contributed by atoms with Gasteiger partial charge in [0.1, 0.15) is 6.04 Å². The molecule has 0 aliphatic carbocycles. The molecule has 10 heteroatoms. The number of rotatable bonds is 7. The number of amides is 1. The van der Waals surface area contributed by atoms with Crippen LogP contribution >= 0.6 is 11.3 Å². The molecular formula is C19H32N4O4S2. The number of anilines is 1. The van der Waals surface area contributed by atoms with Gasteiger partial charge in [-0.2, -0.15) is 4.31 Å². The van der Waals surface area contributed by atoms with Crippen molar-refractivity contribution in [3.8, 4) is 0 Å². The molecule has 0 radical (unpaired) electrons. The van der Waals surface area contributed by atoms with Crippen molar-refractivity contribution in [2.75, 3.05) is 30.7 Å². The number of hydrogen-bond acceptors (Lipinski definition) is 7. The third-order valence-corrected chi connectivity index (χ3v) is 8.12. The maximum atomic E-state index is 12.8. The summed E-state index contributed by atoms with van der Waals surface area (Å²) in [4.78, 5) is 19.7. The highest BCUT2D eigenvalue weighted by atomic mass is 32.2. The fourth-order valence-electron chi connectivity index (χ4n) is 4.14. The van der Waals surface area contributed by atoms with Gasteiger partial charge in [-0.25, -0.2) is 13.4 Å². The zero-order chi connectivity index (χ0) is 21.0. The van der Waals surface area contributed by atoms with E-state index in [9.17, 15) is 13.2 Å². The van der Waals surface area contributed by atoms with Crippen LogP contribution in [0.4, 0.5) is 5.13 Å². The zero-order valence-corrected chi connectivity index (χ0v) is 19.1. The standard InChI is InChI=1S/C19H32N4O4S2/c1-4-9-29(25,26)23-8-6-5-7-17(23)18(24)21-19-20-16(13-28-19)12-22-10-14(2)27-15(3)11-22/h13-15,17H,4-12H2,1-3H3,(H,20,21,24). The number of piperidine rings is 1. The molecule has 3 atom stereocenters. The lowest BCUT2D eigenvalue weighted by molar-refractivity contribution is -0.120. The van der Waals surface area contributed by atoms with Crippen molar-refractivity contribution < 1.29 is 17.9 Å². The normalized spacial score (nSPS) is 27.1. The summed E-state index contributed by atoms with van der Waals surface area (Å²) >= 11 is 1.38. The molecule has 1 N–H and O–H groups in total. The van der Waals surface area contributed by atoms with Gasteiger partial charge in [-0.3, -0.25) is 9.69 Å². The van der Waals surface area contributed by atoms with Crippen molar-refractivity contribution in [1.29, 1.82) is 0 Å². The number of nitrogens with one attached hydrogen (secondary N) is 1. The minimum Gasteiger partial charge on any atom is -0.373 e. The third-order valence-electron chi connectivity index (χ3n) is 5.24. The topological polar surface area (TPSA) is 91.8 Å². The van der Waals surface area contributed by atoms with Crippen molar-refractivity contribution in [2.45, 2.75) is 71.2 Å². The lowest BCUT2D eigenvalue weighted by Gasteiger charge is -2.34. The molecule has 2 fully saturated rings. The van der Waals surface area contributed by atoms with Crippen LogP contribution in [-0.2, 0) is 26.1 Å². The van der Waals surface area contributed by atoms with Crippen LogP contribution in [0.1, 0.15) is 52.1 Å². The van der Waals surface area contributed by atoms with E-state index in [1.165, 1.54) is 15.6 Å². The van der Waals surface area contributed by atoms with Gasteiger partial charge in [0.15, 0.2) is 5.13 Å². The Morgan fingerprint density at radius 3 is 2.72 bits per heavy atom. The van der Waals surface area contributed by atoms with Gasteiger partial charge in [0.05, 0.1) is 23.7 Å². The molecule has 1 amide bonds. The average Bonchev–Trinajstić information content (AvgIpc) is 3.07. The van der Waals surface area contributed by atoms with Crippen LogP contribution in [0.25, 0.3) is 0 Å². The fraction of sp³-hybridized carbons (Fsp3) is 0.789. The molecule has 164 valence electrons. The van der Waals surface area contributed by atoms with Crippen LogP contribution < -0.4 is 5.32 Å². The van der Waals surface area contributed by atoms with Crippen molar-refractivity contribution in [1.82, 2.24) is 14.2 Å². The molecule has 0 saturated carbocycles. The summed E-state index contributed by atoms with van der Waals surface area (Å²) < 4.78 is 32.3. The molecule has 29 heavy (non-hydrogen) atoms. The van der Waals surface area contributed by atoms with E-state index in [1.807, 2.05) is 12.3 Å². The first kappa shape index (κ1) is 22.6. The molecule has 0 spiro atoms. The monoisotopic (exact) mass is 444 g/mol. The van der Waals surface area contributed by atoms with Gasteiger partial charge in [-0.05, 0) is 33.1 Å². The number of nitrogens with zero attached hydrogens (tertiary/aromatic N) is 3. The van der Waals surface area contributed by atoms with E-state index in [1.54, 1.807) is 0 Å². The molecule has 0 aromatic carbocycles. The van der Waals surface area contributed by atoms with Gasteiger partial charge < -0.3 is 10.1 Å². The molecular weight excluding hydrogens is 412 g/mol. The number of aromatic nitrogens is 1. The van der Waals surface area contributed by atoms with E-state index in [0.717, 1.165) is 31.6 Å². The lowest BCUT2D eigenvalue weighted by Crippen LogP contribution is -2.50. The Bertz CT molecular complexity index is 788. The molecule has 1 aromatic heterocycles. The molecule has 3 heterocycles. The molecule has 3 unspecified atom stereocenters. The van der Waals surface area contributed by atoms with Crippen molar-refractivity contribution in [2.24, 2.45) is 0 Å². The van der Waals surface area contributed by atoms with Gasteiger partial charge in [0.2, 0.25) is 15.9 Å². The van der Waals surface area contributed by atoms with Crippen LogP contribution in [0.3, 0.4) is 0 Å². The molecule has 8 nitrogen and oxygen atoms in total. The van der Waals surface area contributed by atoms with Crippen molar-refractivity contribution >= 4 is 32.4 Å². The van der Waals surface area contributed by atoms with E-state index >= 15 is 0 Å². The molecule has 1 aromatic rings. The number of carbonyl (C=O) groups excluding carboxylic acids is 1. The summed E-state index contributed by atoms with van der Waals surface area (Å²) in [6, 6.07) is -0.645. The Morgan fingerprint density at radius 1 is 1.31 bits per heavy atom. The van der Waals surface area contributed by atoms with Crippen LogP contribution in [0.15, 0.2) is 5.38 Å². The minimum absolute atomic E-state index is 0.0780. The number of ether oxygens (including phenoxy) is 1. The Kier molecular flexibility index (Phi) is 7.66. The van der Waals surface area contributed by atoms with E-state index in [-0.39, 0.29) is 23.9 Å². The maximum Gasteiger partial charge on any atom is 0.244 e. The van der Waals surface area contributed by atoms with Crippen LogP contribution in [0, 0.1) is 0 Å². The number of thiazole rings is 1. The number of hydrogen-bond donors (Lipinski definition) is 1. The average molecular weight is 445 g/mol. The summed E-state index contributed by atoms with van der Waals surface area (Å²) in [6.45, 7) is 8.81. The molecule has 2 saturated heterocycles. The summed E-state index contributed by atoms with van der Waals surface area (Å²) in [5, 5.41) is 5.33. The predicted octanol–water partition coefficient (Wildman–Crippen LogP) is 2.29. The first-order valence-corrected chi connectivity index (χ1v) is 12.9. The molecule has 2 aliphatic heterocycles. The SMILES string of the molecule is CCCS(=O)(=O)N1CCCCC1C(=O)Nc1nc(CN2CC(C)OC(C)C2)cs1. The highest BCUT2D eigenvalue weighted by molar-refractivity contribution is 7.89. The van der Waals surface area contributed by atoms with Crippen molar-refractivity contribution in [3.05, 3.63) is 11.1 Å². The Hall–Kier alpha value is -1.07. The fourth-order valence-corrected chi connectivity index (χ4v) is 6.59. The zero-order valence-electron chi connectivity index (χ0n) is 17.5. The summed E-state index contributed by atoms with van der Waals surface area (Å²) in [6.07, 6.45) is 3.13. The lowest BCUT2D eigenvalue weighted by atomic mass is 10.0. The second-order valence-electron chi connectivity index (χ2n) is 8.02. The minimum atomic E-state index is -3.41. The number of morpholine rings is 1. The van der Waals surface area contributed by atoms with Gasteiger partial charge in [0, 0.05) is 31.6 Å².